The summed E-state index contributed by atoms with van der Waals surface area (Å²) < 4.78 is 34.6. The number of allylic oxidation sites excluding steroid dienone is 1. The molecule has 0 saturated heterocycles. The van der Waals surface area contributed by atoms with E-state index in [1.54, 1.807) is 39.8 Å². The monoisotopic (exact) mass is 368 g/mol. The molecule has 0 saturated carbocycles. The number of rotatable bonds is 5. The van der Waals surface area contributed by atoms with Crippen LogP contribution >= 0.6 is 0 Å². The van der Waals surface area contributed by atoms with Crippen LogP contribution in [-0.4, -0.2) is 37.2 Å². The Bertz CT molecular complexity index is 739. The van der Waals surface area contributed by atoms with Gasteiger partial charge in [0.1, 0.15) is 5.75 Å². The summed E-state index contributed by atoms with van der Waals surface area (Å²) in [4.78, 5) is 26.1. The molecule has 1 atom stereocenters. The average molecular weight is 368 g/mol. The molecule has 0 unspecified atom stereocenters. The van der Waals surface area contributed by atoms with E-state index < -0.39 is 18.6 Å². The highest BCUT2D eigenvalue weighted by Gasteiger charge is 2.36. The molecule has 2 rings (SSSR count). The molecule has 1 aliphatic rings. The standard InChI is InChI=1S/C18H22F2N2O4/c1-6-22-11(4)13(16(23)25-5)14(21-18(22)24)12-7-9(2)15(10(3)8-12)26-17(19)20/h7-8,14,17H,6H2,1-5H3,(H,21,24)/t14-/m1/s1. The average Bonchev–Trinajstić information content (AvgIpc) is 2.57. The minimum atomic E-state index is -2.93. The van der Waals surface area contributed by atoms with Crippen LogP contribution in [0.1, 0.15) is 36.6 Å². The number of halogens is 2. The van der Waals surface area contributed by atoms with Gasteiger partial charge in [-0.2, -0.15) is 8.78 Å². The first-order valence-electron chi connectivity index (χ1n) is 8.14. The number of alkyl halides is 2. The maximum atomic E-state index is 12.6. The van der Waals surface area contributed by atoms with Crippen molar-refractivity contribution in [3.63, 3.8) is 0 Å². The van der Waals surface area contributed by atoms with Gasteiger partial charge in [0, 0.05) is 12.2 Å². The lowest BCUT2D eigenvalue weighted by Gasteiger charge is -2.35. The smallest absolute Gasteiger partial charge is 0.387 e. The van der Waals surface area contributed by atoms with Crippen molar-refractivity contribution in [3.05, 3.63) is 40.1 Å². The molecule has 0 bridgehead atoms. The summed E-state index contributed by atoms with van der Waals surface area (Å²) in [5.74, 6) is -0.476. The SMILES string of the molecule is CCN1C(=O)N[C@H](c2cc(C)c(OC(F)F)c(C)c2)C(C(=O)OC)=C1C. The minimum absolute atomic E-state index is 0.0846. The van der Waals surface area contributed by atoms with Crippen LogP contribution in [0.5, 0.6) is 5.75 Å². The fraction of sp³-hybridized carbons (Fsp3) is 0.444. The molecule has 1 aromatic carbocycles. The number of carbonyl (C=O) groups is 2. The topological polar surface area (TPSA) is 67.9 Å². The van der Waals surface area contributed by atoms with E-state index in [1.165, 1.54) is 12.0 Å². The first-order valence-corrected chi connectivity index (χ1v) is 8.14. The highest BCUT2D eigenvalue weighted by Crippen LogP contribution is 2.35. The number of amides is 2. The van der Waals surface area contributed by atoms with Gasteiger partial charge >= 0.3 is 18.6 Å². The number of carbonyl (C=O) groups excluding carboxylic acids is 2. The summed E-state index contributed by atoms with van der Waals surface area (Å²) in [6.45, 7) is 4.19. The Balaban J connectivity index is 2.57. The van der Waals surface area contributed by atoms with Gasteiger partial charge in [0.15, 0.2) is 0 Å². The number of nitrogens with zero attached hydrogens (tertiary/aromatic N) is 1. The van der Waals surface area contributed by atoms with Crippen molar-refractivity contribution in [3.8, 4) is 5.75 Å². The van der Waals surface area contributed by atoms with Crippen molar-refractivity contribution in [2.75, 3.05) is 13.7 Å². The molecule has 26 heavy (non-hydrogen) atoms. The third-order valence-electron chi connectivity index (χ3n) is 4.34. The fourth-order valence-corrected chi connectivity index (χ4v) is 3.21. The maximum Gasteiger partial charge on any atom is 0.387 e. The first kappa shape index (κ1) is 19.7. The van der Waals surface area contributed by atoms with Crippen LogP contribution < -0.4 is 10.1 Å². The van der Waals surface area contributed by atoms with Crippen molar-refractivity contribution in [2.24, 2.45) is 0 Å². The van der Waals surface area contributed by atoms with Gasteiger partial charge in [-0.1, -0.05) is 0 Å². The highest BCUT2D eigenvalue weighted by atomic mass is 19.3. The molecule has 0 fully saturated rings. The van der Waals surface area contributed by atoms with Gasteiger partial charge in [0.2, 0.25) is 0 Å². The lowest BCUT2D eigenvalue weighted by atomic mass is 9.92. The van der Waals surface area contributed by atoms with E-state index >= 15 is 0 Å². The number of urea groups is 1. The van der Waals surface area contributed by atoms with Crippen molar-refractivity contribution >= 4 is 12.0 Å². The zero-order chi connectivity index (χ0) is 19.6. The van der Waals surface area contributed by atoms with E-state index in [0.717, 1.165) is 0 Å². The number of hydrogen-bond donors (Lipinski definition) is 1. The van der Waals surface area contributed by atoms with Crippen LogP contribution in [0.2, 0.25) is 0 Å². The number of methoxy groups -OCH3 is 1. The second-order valence-corrected chi connectivity index (χ2v) is 5.98. The summed E-state index contributed by atoms with van der Waals surface area (Å²) in [7, 11) is 1.27. The molecule has 1 aromatic rings. The molecule has 2 amide bonds. The summed E-state index contributed by atoms with van der Waals surface area (Å²) in [5, 5.41) is 2.78. The second kappa shape index (κ2) is 7.72. The summed E-state index contributed by atoms with van der Waals surface area (Å²) in [6.07, 6.45) is 0. The van der Waals surface area contributed by atoms with E-state index in [4.69, 9.17) is 4.74 Å². The Labute approximate surface area is 150 Å². The lowest BCUT2D eigenvalue weighted by molar-refractivity contribution is -0.136. The van der Waals surface area contributed by atoms with Crippen LogP contribution in [0.15, 0.2) is 23.4 Å². The van der Waals surface area contributed by atoms with Crippen molar-refractivity contribution in [2.45, 2.75) is 40.3 Å². The largest absolute Gasteiger partial charge is 0.466 e. The number of benzene rings is 1. The Morgan fingerprint density at radius 2 is 1.85 bits per heavy atom. The van der Waals surface area contributed by atoms with Crippen LogP contribution in [0.25, 0.3) is 0 Å². The molecule has 0 radical (unpaired) electrons. The molecule has 6 nitrogen and oxygen atoms in total. The Hall–Kier alpha value is -2.64. The zero-order valence-electron chi connectivity index (χ0n) is 15.4. The Morgan fingerprint density at radius 1 is 1.27 bits per heavy atom. The number of nitrogens with one attached hydrogen (secondary N) is 1. The number of ether oxygens (including phenoxy) is 2. The van der Waals surface area contributed by atoms with Gasteiger partial charge in [-0.15, -0.1) is 0 Å². The van der Waals surface area contributed by atoms with E-state index in [2.05, 4.69) is 10.1 Å². The number of hydrogen-bond acceptors (Lipinski definition) is 4. The third-order valence-corrected chi connectivity index (χ3v) is 4.34. The van der Waals surface area contributed by atoms with Gasteiger partial charge in [-0.25, -0.2) is 9.59 Å². The normalized spacial score (nSPS) is 17.5. The summed E-state index contributed by atoms with van der Waals surface area (Å²) >= 11 is 0. The van der Waals surface area contributed by atoms with Gasteiger partial charge < -0.3 is 14.8 Å². The Morgan fingerprint density at radius 3 is 2.31 bits per heavy atom. The highest BCUT2D eigenvalue weighted by molar-refractivity contribution is 5.95. The van der Waals surface area contributed by atoms with Gasteiger partial charge in [0.25, 0.3) is 0 Å². The Kier molecular flexibility index (Phi) is 5.84. The third kappa shape index (κ3) is 3.63. The molecule has 8 heteroatoms. The fourth-order valence-electron chi connectivity index (χ4n) is 3.21. The molecule has 142 valence electrons. The first-order chi connectivity index (χ1) is 12.2. The molecule has 1 aliphatic heterocycles. The number of aryl methyl sites for hydroxylation is 2. The van der Waals surface area contributed by atoms with Crippen LogP contribution in [-0.2, 0) is 9.53 Å². The molecular formula is C18H22F2N2O4. The van der Waals surface area contributed by atoms with E-state index in [9.17, 15) is 18.4 Å². The van der Waals surface area contributed by atoms with Crippen molar-refractivity contribution in [1.29, 1.82) is 0 Å². The van der Waals surface area contributed by atoms with Crippen molar-refractivity contribution < 1.29 is 27.8 Å². The summed E-state index contributed by atoms with van der Waals surface area (Å²) in [5.41, 5.74) is 2.35. The van der Waals surface area contributed by atoms with Gasteiger partial charge in [-0.3, -0.25) is 4.90 Å². The lowest BCUT2D eigenvalue weighted by Crippen LogP contribution is -2.47. The predicted molar refractivity (Wildman–Crippen MR) is 90.9 cm³/mol. The van der Waals surface area contributed by atoms with Crippen LogP contribution in [0, 0.1) is 13.8 Å². The quantitative estimate of drug-likeness (QED) is 0.809. The van der Waals surface area contributed by atoms with Crippen LogP contribution in [0.4, 0.5) is 13.6 Å². The van der Waals surface area contributed by atoms with Gasteiger partial charge in [0.05, 0.1) is 18.7 Å². The molecule has 1 N–H and O–H groups in total. The predicted octanol–water partition coefficient (Wildman–Crippen LogP) is 3.44. The molecular weight excluding hydrogens is 346 g/mol. The van der Waals surface area contributed by atoms with E-state index in [0.29, 0.717) is 34.5 Å². The summed E-state index contributed by atoms with van der Waals surface area (Å²) in [6, 6.07) is 2.16. The molecule has 0 spiro atoms. The van der Waals surface area contributed by atoms with Crippen LogP contribution in [0.3, 0.4) is 0 Å². The van der Waals surface area contributed by atoms with Gasteiger partial charge in [-0.05, 0) is 56.5 Å². The molecule has 0 aromatic heterocycles. The van der Waals surface area contributed by atoms with E-state index in [-0.39, 0.29) is 11.8 Å². The molecule has 0 aliphatic carbocycles. The van der Waals surface area contributed by atoms with Crippen molar-refractivity contribution in [1.82, 2.24) is 10.2 Å². The number of esters is 1. The molecule has 1 heterocycles. The zero-order valence-corrected chi connectivity index (χ0v) is 15.4. The second-order valence-electron chi connectivity index (χ2n) is 5.98. The maximum absolute atomic E-state index is 12.6. The minimum Gasteiger partial charge on any atom is -0.466 e. The van der Waals surface area contributed by atoms with E-state index in [1.807, 2.05) is 0 Å².